The Morgan fingerprint density at radius 3 is 2.40 bits per heavy atom. The molecule has 0 aliphatic carbocycles. The van der Waals surface area contributed by atoms with E-state index >= 15 is 0 Å². The van der Waals surface area contributed by atoms with Crippen LogP contribution in [0.25, 0.3) is 10.6 Å². The molecular formula is C12H14N2S. The van der Waals surface area contributed by atoms with E-state index in [-0.39, 0.29) is 0 Å². The van der Waals surface area contributed by atoms with Crippen LogP contribution < -0.4 is 0 Å². The van der Waals surface area contributed by atoms with Crippen LogP contribution in [0, 0.1) is 6.92 Å². The topological polar surface area (TPSA) is 25.8 Å². The van der Waals surface area contributed by atoms with Gasteiger partial charge in [-0.25, -0.2) is 4.98 Å². The Kier molecular flexibility index (Phi) is 2.82. The number of rotatable bonds is 2. The van der Waals surface area contributed by atoms with Gasteiger partial charge in [0.2, 0.25) is 0 Å². The Morgan fingerprint density at radius 1 is 1.20 bits per heavy atom. The predicted molar refractivity (Wildman–Crippen MR) is 64.2 cm³/mol. The zero-order chi connectivity index (χ0) is 10.8. The average molecular weight is 218 g/mol. The quantitative estimate of drug-likeness (QED) is 0.769. The molecule has 2 nitrogen and oxygen atoms in total. The summed E-state index contributed by atoms with van der Waals surface area (Å²) >= 11 is 1.78. The third kappa shape index (κ3) is 2.07. The molecule has 0 aliphatic rings. The van der Waals surface area contributed by atoms with Crippen molar-refractivity contribution in [1.82, 2.24) is 9.97 Å². The number of hydrogen-bond acceptors (Lipinski definition) is 3. The van der Waals surface area contributed by atoms with Crippen LogP contribution in [0.3, 0.4) is 0 Å². The first-order valence-electron chi connectivity index (χ1n) is 5.06. The number of aryl methyl sites for hydroxylation is 1. The van der Waals surface area contributed by atoms with Gasteiger partial charge in [-0.2, -0.15) is 0 Å². The number of aromatic nitrogens is 2. The van der Waals surface area contributed by atoms with Gasteiger partial charge in [-0.05, 0) is 25.0 Å². The first-order chi connectivity index (χ1) is 7.18. The monoisotopic (exact) mass is 218 g/mol. The van der Waals surface area contributed by atoms with Crippen molar-refractivity contribution in [1.29, 1.82) is 0 Å². The molecule has 0 saturated heterocycles. The third-order valence-electron chi connectivity index (χ3n) is 2.28. The maximum atomic E-state index is 4.59. The van der Waals surface area contributed by atoms with Crippen LogP contribution in [0.4, 0.5) is 0 Å². The molecule has 0 bridgehead atoms. The van der Waals surface area contributed by atoms with Gasteiger partial charge in [0.05, 0.1) is 5.69 Å². The van der Waals surface area contributed by atoms with Crippen LogP contribution in [0.1, 0.15) is 30.3 Å². The molecule has 0 unspecified atom stereocenters. The predicted octanol–water partition coefficient (Wildman–Crippen LogP) is 3.64. The van der Waals surface area contributed by atoms with Crippen LogP contribution in [-0.4, -0.2) is 9.97 Å². The Labute approximate surface area is 94.0 Å². The molecule has 0 spiro atoms. The second-order valence-electron chi connectivity index (χ2n) is 3.86. The van der Waals surface area contributed by atoms with Gasteiger partial charge in [0.1, 0.15) is 5.01 Å². The van der Waals surface area contributed by atoms with Crippen LogP contribution in [0.15, 0.2) is 24.5 Å². The first kappa shape index (κ1) is 10.3. The van der Waals surface area contributed by atoms with Crippen molar-refractivity contribution in [2.45, 2.75) is 26.7 Å². The van der Waals surface area contributed by atoms with Crippen molar-refractivity contribution in [3.63, 3.8) is 0 Å². The molecule has 0 amide bonds. The van der Waals surface area contributed by atoms with Gasteiger partial charge in [0.15, 0.2) is 0 Å². The summed E-state index contributed by atoms with van der Waals surface area (Å²) in [4.78, 5) is 9.98. The van der Waals surface area contributed by atoms with E-state index < -0.39 is 0 Å². The lowest BCUT2D eigenvalue weighted by Crippen LogP contribution is -1.84. The molecule has 15 heavy (non-hydrogen) atoms. The SMILES string of the molecule is Cc1nc(-c2ccncc2)sc1C(C)C. The van der Waals surface area contributed by atoms with Gasteiger partial charge >= 0.3 is 0 Å². The number of nitrogens with zero attached hydrogens (tertiary/aromatic N) is 2. The highest BCUT2D eigenvalue weighted by molar-refractivity contribution is 7.15. The van der Waals surface area contributed by atoms with Crippen LogP contribution in [0.5, 0.6) is 0 Å². The Bertz CT molecular complexity index is 446. The minimum Gasteiger partial charge on any atom is -0.265 e. The van der Waals surface area contributed by atoms with E-state index in [0.717, 1.165) is 16.3 Å². The van der Waals surface area contributed by atoms with Gasteiger partial charge in [-0.1, -0.05) is 13.8 Å². The maximum Gasteiger partial charge on any atom is 0.123 e. The summed E-state index contributed by atoms with van der Waals surface area (Å²) in [7, 11) is 0. The molecule has 3 heteroatoms. The molecule has 2 heterocycles. The molecule has 0 atom stereocenters. The Morgan fingerprint density at radius 2 is 1.87 bits per heavy atom. The standard InChI is InChI=1S/C12H14N2S/c1-8(2)11-9(3)14-12(15-11)10-4-6-13-7-5-10/h4-8H,1-3H3. The van der Waals surface area contributed by atoms with E-state index in [1.54, 1.807) is 23.7 Å². The molecular weight excluding hydrogens is 204 g/mol. The van der Waals surface area contributed by atoms with E-state index in [1.165, 1.54) is 4.88 Å². The van der Waals surface area contributed by atoms with Crippen LogP contribution >= 0.6 is 11.3 Å². The molecule has 78 valence electrons. The Balaban J connectivity index is 2.43. The fraction of sp³-hybridized carbons (Fsp3) is 0.333. The van der Waals surface area contributed by atoms with Crippen molar-refractivity contribution >= 4 is 11.3 Å². The average Bonchev–Trinajstić information content (AvgIpc) is 2.62. The molecule has 0 fully saturated rings. The zero-order valence-corrected chi connectivity index (χ0v) is 10.0. The zero-order valence-electron chi connectivity index (χ0n) is 9.19. The summed E-state index contributed by atoms with van der Waals surface area (Å²) in [6.07, 6.45) is 3.61. The van der Waals surface area contributed by atoms with Crippen LogP contribution in [-0.2, 0) is 0 Å². The maximum absolute atomic E-state index is 4.59. The smallest absolute Gasteiger partial charge is 0.123 e. The van der Waals surface area contributed by atoms with E-state index in [2.05, 4.69) is 30.7 Å². The highest BCUT2D eigenvalue weighted by Crippen LogP contribution is 2.31. The molecule has 0 saturated carbocycles. The van der Waals surface area contributed by atoms with Crippen molar-refractivity contribution in [3.05, 3.63) is 35.1 Å². The fourth-order valence-corrected chi connectivity index (χ4v) is 2.64. The minimum atomic E-state index is 0.554. The van der Waals surface area contributed by atoms with Gasteiger partial charge < -0.3 is 0 Å². The van der Waals surface area contributed by atoms with Gasteiger partial charge in [-0.15, -0.1) is 11.3 Å². The van der Waals surface area contributed by atoms with Gasteiger partial charge in [0.25, 0.3) is 0 Å². The van der Waals surface area contributed by atoms with Crippen molar-refractivity contribution < 1.29 is 0 Å². The molecule has 2 aromatic heterocycles. The summed E-state index contributed by atoms with van der Waals surface area (Å²) in [5.74, 6) is 0.554. The highest BCUT2D eigenvalue weighted by Gasteiger charge is 2.11. The second-order valence-corrected chi connectivity index (χ2v) is 4.89. The lowest BCUT2D eigenvalue weighted by atomic mass is 10.1. The number of pyridine rings is 1. The van der Waals surface area contributed by atoms with E-state index in [0.29, 0.717) is 5.92 Å². The molecule has 0 N–H and O–H groups in total. The first-order valence-corrected chi connectivity index (χ1v) is 5.88. The van der Waals surface area contributed by atoms with Crippen molar-refractivity contribution in [2.24, 2.45) is 0 Å². The van der Waals surface area contributed by atoms with E-state index in [4.69, 9.17) is 0 Å². The molecule has 0 aliphatic heterocycles. The summed E-state index contributed by atoms with van der Waals surface area (Å²) in [5, 5.41) is 1.10. The lowest BCUT2D eigenvalue weighted by Gasteiger charge is -1.99. The summed E-state index contributed by atoms with van der Waals surface area (Å²) in [5.41, 5.74) is 2.31. The van der Waals surface area contributed by atoms with Gasteiger partial charge in [0, 0.05) is 22.8 Å². The number of hydrogen-bond donors (Lipinski definition) is 0. The number of thiazole rings is 1. The summed E-state index contributed by atoms with van der Waals surface area (Å²) in [6.45, 7) is 6.49. The molecule has 0 aromatic carbocycles. The molecule has 2 aromatic rings. The normalized spacial score (nSPS) is 10.9. The van der Waals surface area contributed by atoms with Crippen molar-refractivity contribution in [2.75, 3.05) is 0 Å². The van der Waals surface area contributed by atoms with E-state index in [1.807, 2.05) is 12.1 Å². The van der Waals surface area contributed by atoms with Gasteiger partial charge in [-0.3, -0.25) is 4.98 Å². The van der Waals surface area contributed by atoms with Crippen molar-refractivity contribution in [3.8, 4) is 10.6 Å². The summed E-state index contributed by atoms with van der Waals surface area (Å²) in [6, 6.07) is 4.00. The Hall–Kier alpha value is -1.22. The fourth-order valence-electron chi connectivity index (χ4n) is 1.56. The molecule has 2 rings (SSSR count). The molecule has 0 radical (unpaired) electrons. The van der Waals surface area contributed by atoms with E-state index in [9.17, 15) is 0 Å². The largest absolute Gasteiger partial charge is 0.265 e. The second kappa shape index (κ2) is 4.11. The lowest BCUT2D eigenvalue weighted by molar-refractivity contribution is 0.873. The summed E-state index contributed by atoms with van der Waals surface area (Å²) < 4.78 is 0. The highest BCUT2D eigenvalue weighted by atomic mass is 32.1. The third-order valence-corrected chi connectivity index (χ3v) is 3.79. The van der Waals surface area contributed by atoms with Crippen LogP contribution in [0.2, 0.25) is 0 Å². The minimum absolute atomic E-state index is 0.554.